The lowest BCUT2D eigenvalue weighted by atomic mass is 9.81. The zero-order valence-electron chi connectivity index (χ0n) is 14.4. The second kappa shape index (κ2) is 7.96. The van der Waals surface area contributed by atoms with E-state index >= 15 is 0 Å². The van der Waals surface area contributed by atoms with Crippen LogP contribution in [0.3, 0.4) is 0 Å². The number of rotatable bonds is 4. The molecule has 1 aromatic carbocycles. The maximum Gasteiger partial charge on any atom is 0.227 e. The van der Waals surface area contributed by atoms with Crippen LogP contribution in [0.5, 0.6) is 0 Å². The number of anilines is 1. The van der Waals surface area contributed by atoms with Crippen LogP contribution < -0.4 is 10.6 Å². The molecule has 3 rings (SSSR count). The predicted molar refractivity (Wildman–Crippen MR) is 101 cm³/mol. The number of carbonyl (C=O) groups excluding carboxylic acids is 2. The van der Waals surface area contributed by atoms with Gasteiger partial charge in [0.25, 0.3) is 0 Å². The van der Waals surface area contributed by atoms with E-state index in [9.17, 15) is 18.0 Å². The van der Waals surface area contributed by atoms with Crippen LogP contribution in [0.2, 0.25) is 5.02 Å². The van der Waals surface area contributed by atoms with Crippen molar-refractivity contribution in [2.24, 2.45) is 11.8 Å². The molecule has 2 fully saturated rings. The molecule has 1 saturated heterocycles. The first-order valence-corrected chi connectivity index (χ1v) is 11.1. The Morgan fingerprint density at radius 2 is 1.50 bits per heavy atom. The second-order valence-corrected chi connectivity index (χ2v) is 9.82. The van der Waals surface area contributed by atoms with E-state index < -0.39 is 9.84 Å². The normalized spacial score (nSPS) is 27.7. The molecule has 8 heteroatoms. The Bertz CT molecular complexity index is 771. The molecule has 2 N–H and O–H groups in total. The molecule has 1 aliphatic heterocycles. The highest BCUT2D eigenvalue weighted by molar-refractivity contribution is 7.91. The van der Waals surface area contributed by atoms with E-state index in [0.29, 0.717) is 42.8 Å². The Morgan fingerprint density at radius 1 is 0.923 bits per heavy atom. The van der Waals surface area contributed by atoms with Crippen molar-refractivity contribution in [3.8, 4) is 0 Å². The molecule has 6 nitrogen and oxygen atoms in total. The molecule has 0 spiro atoms. The van der Waals surface area contributed by atoms with Gasteiger partial charge in [-0.15, -0.1) is 0 Å². The molecule has 1 aromatic rings. The number of hydrogen-bond donors (Lipinski definition) is 2. The maximum absolute atomic E-state index is 12.4. The van der Waals surface area contributed by atoms with E-state index in [0.717, 1.165) is 0 Å². The van der Waals surface area contributed by atoms with Gasteiger partial charge in [0.15, 0.2) is 9.84 Å². The first-order valence-electron chi connectivity index (χ1n) is 8.89. The SMILES string of the molecule is O=C(Nc1ccc(Cl)cc1)C1CCC(C(=O)NC2CCS(=O)(=O)C2)CC1. The predicted octanol–water partition coefficient (Wildman–Crippen LogP) is 2.39. The van der Waals surface area contributed by atoms with Crippen LogP contribution >= 0.6 is 11.6 Å². The van der Waals surface area contributed by atoms with Gasteiger partial charge in [-0.25, -0.2) is 8.42 Å². The average molecular weight is 399 g/mol. The molecular formula is C18H23ClN2O4S. The minimum atomic E-state index is -3.00. The van der Waals surface area contributed by atoms with Gasteiger partial charge < -0.3 is 10.6 Å². The first-order chi connectivity index (χ1) is 12.3. The van der Waals surface area contributed by atoms with Crippen molar-refractivity contribution < 1.29 is 18.0 Å². The zero-order valence-corrected chi connectivity index (χ0v) is 16.0. The van der Waals surface area contributed by atoms with Crippen molar-refractivity contribution >= 4 is 38.9 Å². The summed E-state index contributed by atoms with van der Waals surface area (Å²) in [4.78, 5) is 24.7. The number of benzene rings is 1. The van der Waals surface area contributed by atoms with Gasteiger partial charge in [0.05, 0.1) is 11.5 Å². The molecule has 0 aromatic heterocycles. The number of sulfone groups is 1. The minimum Gasteiger partial charge on any atom is -0.352 e. The van der Waals surface area contributed by atoms with E-state index in [-0.39, 0.29) is 41.2 Å². The lowest BCUT2D eigenvalue weighted by Gasteiger charge is -2.28. The summed E-state index contributed by atoms with van der Waals surface area (Å²) >= 11 is 5.84. The number of amides is 2. The van der Waals surface area contributed by atoms with E-state index in [2.05, 4.69) is 10.6 Å². The molecule has 26 heavy (non-hydrogen) atoms. The molecule has 0 bridgehead atoms. The monoisotopic (exact) mass is 398 g/mol. The van der Waals surface area contributed by atoms with E-state index in [4.69, 9.17) is 11.6 Å². The Labute approximate surface area is 158 Å². The highest BCUT2D eigenvalue weighted by Gasteiger charge is 2.33. The van der Waals surface area contributed by atoms with E-state index in [1.807, 2.05) is 0 Å². The standard InChI is InChI=1S/C18H23ClN2O4S/c19-14-5-7-15(8-6-14)20-17(22)12-1-3-13(4-2-12)18(23)21-16-9-10-26(24,25)11-16/h5-8,12-13,16H,1-4,9-11H2,(H,20,22)(H,21,23). The molecule has 1 saturated carbocycles. The summed E-state index contributed by atoms with van der Waals surface area (Å²) in [5.74, 6) is -0.177. The van der Waals surface area contributed by atoms with Gasteiger partial charge in [0.1, 0.15) is 0 Å². The fourth-order valence-corrected chi connectivity index (χ4v) is 5.42. The number of hydrogen-bond acceptors (Lipinski definition) is 4. The number of halogens is 1. The van der Waals surface area contributed by atoms with Crippen LogP contribution in [0.1, 0.15) is 32.1 Å². The Morgan fingerprint density at radius 3 is 2.04 bits per heavy atom. The third kappa shape index (κ3) is 4.98. The van der Waals surface area contributed by atoms with Gasteiger partial charge in [-0.2, -0.15) is 0 Å². The Balaban J connectivity index is 1.45. The summed E-state index contributed by atoms with van der Waals surface area (Å²) in [6.45, 7) is 0. The summed E-state index contributed by atoms with van der Waals surface area (Å²) < 4.78 is 23.0. The lowest BCUT2D eigenvalue weighted by molar-refractivity contribution is -0.129. The largest absolute Gasteiger partial charge is 0.352 e. The van der Waals surface area contributed by atoms with Crippen molar-refractivity contribution in [1.82, 2.24) is 5.32 Å². The molecule has 2 aliphatic rings. The molecule has 2 amide bonds. The van der Waals surface area contributed by atoms with E-state index in [1.54, 1.807) is 24.3 Å². The second-order valence-electron chi connectivity index (χ2n) is 7.15. The fourth-order valence-electron chi connectivity index (χ4n) is 3.62. The van der Waals surface area contributed by atoms with Crippen LogP contribution in [-0.2, 0) is 19.4 Å². The van der Waals surface area contributed by atoms with Crippen LogP contribution in [0.4, 0.5) is 5.69 Å². The van der Waals surface area contributed by atoms with Crippen LogP contribution in [0.25, 0.3) is 0 Å². The molecule has 142 valence electrons. The number of nitrogens with one attached hydrogen (secondary N) is 2. The highest BCUT2D eigenvalue weighted by Crippen LogP contribution is 2.30. The smallest absolute Gasteiger partial charge is 0.227 e. The van der Waals surface area contributed by atoms with Crippen molar-refractivity contribution in [3.63, 3.8) is 0 Å². The van der Waals surface area contributed by atoms with Crippen molar-refractivity contribution in [2.45, 2.75) is 38.1 Å². The maximum atomic E-state index is 12.4. The third-order valence-electron chi connectivity index (χ3n) is 5.16. The quantitative estimate of drug-likeness (QED) is 0.814. The molecular weight excluding hydrogens is 376 g/mol. The van der Waals surface area contributed by atoms with Crippen molar-refractivity contribution in [1.29, 1.82) is 0 Å². The summed E-state index contributed by atoms with van der Waals surface area (Å²) in [6.07, 6.45) is 3.09. The summed E-state index contributed by atoms with van der Waals surface area (Å²) in [5.41, 5.74) is 0.710. The van der Waals surface area contributed by atoms with Crippen molar-refractivity contribution in [3.05, 3.63) is 29.3 Å². The summed E-state index contributed by atoms with van der Waals surface area (Å²) in [6, 6.07) is 6.70. The van der Waals surface area contributed by atoms with Crippen LogP contribution in [0, 0.1) is 11.8 Å². The van der Waals surface area contributed by atoms with Gasteiger partial charge in [-0.05, 0) is 56.4 Å². The zero-order chi connectivity index (χ0) is 18.7. The van der Waals surface area contributed by atoms with Crippen molar-refractivity contribution in [2.75, 3.05) is 16.8 Å². The summed E-state index contributed by atoms with van der Waals surface area (Å²) in [5, 5.41) is 6.36. The van der Waals surface area contributed by atoms with Crippen LogP contribution in [0.15, 0.2) is 24.3 Å². The van der Waals surface area contributed by atoms with Gasteiger partial charge in [0.2, 0.25) is 11.8 Å². The average Bonchev–Trinajstić information content (AvgIpc) is 2.95. The first kappa shape index (κ1) is 19.2. The van der Waals surface area contributed by atoms with Gasteiger partial charge in [-0.1, -0.05) is 11.6 Å². The van der Waals surface area contributed by atoms with E-state index in [1.165, 1.54) is 0 Å². The summed E-state index contributed by atoms with van der Waals surface area (Å²) in [7, 11) is -3.00. The lowest BCUT2D eigenvalue weighted by Crippen LogP contribution is -2.41. The molecule has 1 unspecified atom stereocenters. The Hall–Kier alpha value is -1.60. The number of carbonyl (C=O) groups is 2. The topological polar surface area (TPSA) is 92.3 Å². The minimum absolute atomic E-state index is 0.0342. The van der Waals surface area contributed by atoms with Crippen LogP contribution in [-0.4, -0.2) is 37.8 Å². The fraction of sp³-hybridized carbons (Fsp3) is 0.556. The molecule has 1 atom stereocenters. The highest BCUT2D eigenvalue weighted by atomic mass is 35.5. The van der Waals surface area contributed by atoms with Gasteiger partial charge in [0, 0.05) is 28.6 Å². The third-order valence-corrected chi connectivity index (χ3v) is 7.18. The molecule has 0 radical (unpaired) electrons. The van der Waals surface area contributed by atoms with Gasteiger partial charge >= 0.3 is 0 Å². The molecule has 1 heterocycles. The molecule has 1 aliphatic carbocycles. The Kier molecular flexibility index (Phi) is 5.87. The van der Waals surface area contributed by atoms with Gasteiger partial charge in [-0.3, -0.25) is 9.59 Å².